The number of aliphatic hydroxyl groups excluding tert-OH is 1. The van der Waals surface area contributed by atoms with Gasteiger partial charge in [0.05, 0.1) is 13.2 Å². The van der Waals surface area contributed by atoms with E-state index < -0.39 is 0 Å². The van der Waals surface area contributed by atoms with E-state index in [9.17, 15) is 14.7 Å². The van der Waals surface area contributed by atoms with Crippen LogP contribution in [-0.2, 0) is 13.0 Å². The van der Waals surface area contributed by atoms with Gasteiger partial charge < -0.3 is 15.0 Å². The summed E-state index contributed by atoms with van der Waals surface area (Å²) in [6.07, 6.45) is 0.910. The SMILES string of the molecule is CCc1ccc2[nH]c(=O)c(CN(CCO)C(=O)c3cccc(C)c3)cc2c1. The molecule has 0 unspecified atom stereocenters. The zero-order valence-corrected chi connectivity index (χ0v) is 15.7. The molecule has 0 saturated carbocycles. The fourth-order valence-corrected chi connectivity index (χ4v) is 3.18. The Bertz CT molecular complexity index is 1020. The maximum atomic E-state index is 12.9. The third-order valence-electron chi connectivity index (χ3n) is 4.68. The Labute approximate surface area is 158 Å². The summed E-state index contributed by atoms with van der Waals surface area (Å²) < 4.78 is 0. The van der Waals surface area contributed by atoms with Crippen molar-refractivity contribution in [1.29, 1.82) is 0 Å². The maximum absolute atomic E-state index is 12.9. The second-order valence-electron chi connectivity index (χ2n) is 6.72. The molecule has 0 bridgehead atoms. The number of aromatic nitrogens is 1. The molecule has 0 atom stereocenters. The number of benzene rings is 2. The lowest BCUT2D eigenvalue weighted by Crippen LogP contribution is -2.35. The number of nitrogens with zero attached hydrogens (tertiary/aromatic N) is 1. The Morgan fingerprint density at radius 2 is 1.96 bits per heavy atom. The minimum Gasteiger partial charge on any atom is -0.395 e. The first-order valence-electron chi connectivity index (χ1n) is 9.13. The molecule has 0 saturated heterocycles. The van der Waals surface area contributed by atoms with Gasteiger partial charge in [0.25, 0.3) is 11.5 Å². The van der Waals surface area contributed by atoms with Crippen LogP contribution < -0.4 is 5.56 Å². The van der Waals surface area contributed by atoms with Crippen molar-refractivity contribution in [2.24, 2.45) is 0 Å². The summed E-state index contributed by atoms with van der Waals surface area (Å²) in [6, 6.07) is 15.1. The van der Waals surface area contributed by atoms with Crippen molar-refractivity contribution in [3.63, 3.8) is 0 Å². The quantitative estimate of drug-likeness (QED) is 0.706. The summed E-state index contributed by atoms with van der Waals surface area (Å²) in [5, 5.41) is 10.3. The lowest BCUT2D eigenvalue weighted by atomic mass is 10.1. The Balaban J connectivity index is 1.95. The predicted octanol–water partition coefficient (Wildman–Crippen LogP) is 3.03. The number of carbonyl (C=O) groups is 1. The van der Waals surface area contributed by atoms with E-state index in [0.717, 1.165) is 22.9 Å². The monoisotopic (exact) mass is 364 g/mol. The van der Waals surface area contributed by atoms with E-state index in [-0.39, 0.29) is 31.2 Å². The Morgan fingerprint density at radius 3 is 2.67 bits per heavy atom. The second kappa shape index (κ2) is 8.18. The van der Waals surface area contributed by atoms with E-state index in [1.165, 1.54) is 10.5 Å². The standard InChI is InChI=1S/C22H24N2O3/c1-3-16-7-8-20-18(12-16)13-19(21(26)23-20)14-24(9-10-25)22(27)17-6-4-5-15(2)11-17/h4-8,11-13,25H,3,9-10,14H2,1-2H3,(H,23,26). The lowest BCUT2D eigenvalue weighted by molar-refractivity contribution is 0.0707. The number of pyridine rings is 1. The van der Waals surface area contributed by atoms with Crippen molar-refractivity contribution in [3.8, 4) is 0 Å². The Kier molecular flexibility index (Phi) is 5.72. The van der Waals surface area contributed by atoms with Crippen molar-refractivity contribution in [2.75, 3.05) is 13.2 Å². The highest BCUT2D eigenvalue weighted by molar-refractivity contribution is 5.94. The van der Waals surface area contributed by atoms with E-state index in [0.29, 0.717) is 11.1 Å². The van der Waals surface area contributed by atoms with Gasteiger partial charge in [0, 0.05) is 23.2 Å². The first-order valence-corrected chi connectivity index (χ1v) is 9.13. The number of hydrogen-bond donors (Lipinski definition) is 2. The van der Waals surface area contributed by atoms with Crippen LogP contribution >= 0.6 is 0 Å². The summed E-state index contributed by atoms with van der Waals surface area (Å²) in [7, 11) is 0. The number of hydrogen-bond acceptors (Lipinski definition) is 3. The first-order chi connectivity index (χ1) is 13.0. The minimum atomic E-state index is -0.216. The molecule has 0 aliphatic rings. The number of H-pyrrole nitrogens is 1. The van der Waals surface area contributed by atoms with E-state index in [4.69, 9.17) is 0 Å². The largest absolute Gasteiger partial charge is 0.395 e. The molecular weight excluding hydrogens is 340 g/mol. The van der Waals surface area contributed by atoms with Crippen LogP contribution in [0.25, 0.3) is 10.9 Å². The minimum absolute atomic E-state index is 0.148. The van der Waals surface area contributed by atoms with E-state index in [2.05, 4.69) is 11.9 Å². The summed E-state index contributed by atoms with van der Waals surface area (Å²) in [5.41, 5.74) is 3.79. The molecular formula is C22H24N2O3. The molecule has 5 heteroatoms. The van der Waals surface area contributed by atoms with Crippen molar-refractivity contribution >= 4 is 16.8 Å². The topological polar surface area (TPSA) is 73.4 Å². The number of nitrogens with one attached hydrogen (secondary N) is 1. The van der Waals surface area contributed by atoms with Crippen LogP contribution in [0.2, 0.25) is 0 Å². The van der Waals surface area contributed by atoms with Gasteiger partial charge in [-0.3, -0.25) is 9.59 Å². The number of rotatable bonds is 6. The van der Waals surface area contributed by atoms with Gasteiger partial charge in [-0.1, -0.05) is 30.7 Å². The Morgan fingerprint density at radius 1 is 1.15 bits per heavy atom. The molecule has 0 spiro atoms. The number of carbonyl (C=O) groups excluding carboxylic acids is 1. The van der Waals surface area contributed by atoms with Crippen molar-refractivity contribution < 1.29 is 9.90 Å². The molecule has 0 fully saturated rings. The number of aryl methyl sites for hydroxylation is 2. The molecule has 1 aromatic heterocycles. The zero-order chi connectivity index (χ0) is 19.4. The summed E-state index contributed by atoms with van der Waals surface area (Å²) in [4.78, 5) is 29.8. The van der Waals surface area contributed by atoms with Crippen LogP contribution in [0, 0.1) is 6.92 Å². The number of aliphatic hydroxyl groups is 1. The predicted molar refractivity (Wildman–Crippen MR) is 107 cm³/mol. The average Bonchev–Trinajstić information content (AvgIpc) is 2.67. The van der Waals surface area contributed by atoms with Gasteiger partial charge >= 0.3 is 0 Å². The molecule has 2 aromatic carbocycles. The molecule has 0 aliphatic carbocycles. The van der Waals surface area contributed by atoms with E-state index >= 15 is 0 Å². The summed E-state index contributed by atoms with van der Waals surface area (Å²) in [5.74, 6) is -0.199. The molecule has 1 amide bonds. The molecule has 27 heavy (non-hydrogen) atoms. The molecule has 0 aliphatic heterocycles. The third-order valence-corrected chi connectivity index (χ3v) is 4.68. The van der Waals surface area contributed by atoms with Crippen LogP contribution in [0.4, 0.5) is 0 Å². The molecule has 2 N–H and O–H groups in total. The zero-order valence-electron chi connectivity index (χ0n) is 15.7. The molecule has 140 valence electrons. The van der Waals surface area contributed by atoms with Gasteiger partial charge in [0.15, 0.2) is 0 Å². The van der Waals surface area contributed by atoms with E-state index in [1.807, 2.05) is 49.4 Å². The first kappa shape index (κ1) is 18.9. The van der Waals surface area contributed by atoms with Crippen molar-refractivity contribution in [3.05, 3.63) is 81.1 Å². The van der Waals surface area contributed by atoms with Gasteiger partial charge in [-0.2, -0.15) is 0 Å². The molecule has 1 heterocycles. The maximum Gasteiger partial charge on any atom is 0.254 e. The van der Waals surface area contributed by atoms with Crippen LogP contribution in [-0.4, -0.2) is 34.0 Å². The van der Waals surface area contributed by atoms with Gasteiger partial charge in [0.2, 0.25) is 0 Å². The fraction of sp³-hybridized carbons (Fsp3) is 0.273. The van der Waals surface area contributed by atoms with Crippen LogP contribution in [0.3, 0.4) is 0 Å². The van der Waals surface area contributed by atoms with Crippen molar-refractivity contribution in [1.82, 2.24) is 9.88 Å². The molecule has 3 aromatic rings. The second-order valence-corrected chi connectivity index (χ2v) is 6.72. The van der Waals surface area contributed by atoms with Crippen LogP contribution in [0.5, 0.6) is 0 Å². The normalized spacial score (nSPS) is 10.9. The highest BCUT2D eigenvalue weighted by Crippen LogP contribution is 2.16. The highest BCUT2D eigenvalue weighted by Gasteiger charge is 2.17. The summed E-state index contributed by atoms with van der Waals surface area (Å²) in [6.45, 7) is 4.15. The number of fused-ring (bicyclic) bond motifs is 1. The number of aromatic amines is 1. The fourth-order valence-electron chi connectivity index (χ4n) is 3.18. The average molecular weight is 364 g/mol. The van der Waals surface area contributed by atoms with Crippen LogP contribution in [0.1, 0.15) is 34.0 Å². The molecule has 3 rings (SSSR count). The van der Waals surface area contributed by atoms with Gasteiger partial charge in [0.1, 0.15) is 0 Å². The van der Waals surface area contributed by atoms with Gasteiger partial charge in [-0.05, 0) is 54.6 Å². The van der Waals surface area contributed by atoms with Gasteiger partial charge in [-0.25, -0.2) is 0 Å². The highest BCUT2D eigenvalue weighted by atomic mass is 16.3. The van der Waals surface area contributed by atoms with Crippen LogP contribution in [0.15, 0.2) is 53.3 Å². The van der Waals surface area contributed by atoms with Crippen molar-refractivity contribution in [2.45, 2.75) is 26.8 Å². The third kappa shape index (κ3) is 4.26. The molecule has 5 nitrogen and oxygen atoms in total. The number of amides is 1. The smallest absolute Gasteiger partial charge is 0.254 e. The lowest BCUT2D eigenvalue weighted by Gasteiger charge is -2.22. The van der Waals surface area contributed by atoms with E-state index in [1.54, 1.807) is 6.07 Å². The van der Waals surface area contributed by atoms with Gasteiger partial charge in [-0.15, -0.1) is 0 Å². The summed E-state index contributed by atoms with van der Waals surface area (Å²) >= 11 is 0. The molecule has 0 radical (unpaired) electrons. The Hall–Kier alpha value is -2.92.